The van der Waals surface area contributed by atoms with Crippen LogP contribution in [0.3, 0.4) is 0 Å². The smallest absolute Gasteiger partial charge is 0.287 e. The minimum absolute atomic E-state index is 0.121. The zero-order valence-corrected chi connectivity index (χ0v) is 13.1. The van der Waals surface area contributed by atoms with Gasteiger partial charge in [0, 0.05) is 11.9 Å². The number of hydrogen-bond acceptors (Lipinski definition) is 2. The fraction of sp³-hybridized carbons (Fsp3) is 0.353. The molecule has 2 aromatic carbocycles. The van der Waals surface area contributed by atoms with E-state index in [4.69, 9.17) is 0 Å². The molecule has 3 nitrogen and oxygen atoms in total. The van der Waals surface area contributed by atoms with Gasteiger partial charge < -0.3 is 0 Å². The van der Waals surface area contributed by atoms with Crippen LogP contribution in [0.25, 0.3) is 10.8 Å². The van der Waals surface area contributed by atoms with E-state index in [2.05, 4.69) is 5.43 Å². The van der Waals surface area contributed by atoms with E-state index in [1.807, 2.05) is 0 Å². The highest BCUT2D eigenvalue weighted by Crippen LogP contribution is 2.41. The zero-order chi connectivity index (χ0) is 17.7. The van der Waals surface area contributed by atoms with Crippen LogP contribution in [0.4, 0.5) is 17.6 Å². The van der Waals surface area contributed by atoms with E-state index in [0.29, 0.717) is 5.39 Å². The molecule has 1 fully saturated rings. The molecular formula is C17H16F4N2O. The number of fused-ring (bicyclic) bond motifs is 1. The molecule has 1 aliphatic rings. The monoisotopic (exact) mass is 340 g/mol. The van der Waals surface area contributed by atoms with Gasteiger partial charge >= 0.3 is 6.18 Å². The van der Waals surface area contributed by atoms with Gasteiger partial charge in [0.05, 0.1) is 5.41 Å². The van der Waals surface area contributed by atoms with Gasteiger partial charge in [0.1, 0.15) is 11.9 Å². The van der Waals surface area contributed by atoms with E-state index in [9.17, 15) is 22.4 Å². The Morgan fingerprint density at radius 2 is 1.88 bits per heavy atom. The summed E-state index contributed by atoms with van der Waals surface area (Å²) < 4.78 is 55.2. The third-order valence-electron chi connectivity index (χ3n) is 4.20. The molecule has 0 bridgehead atoms. The number of nitrogens with one attached hydrogen (secondary N) is 1. The molecule has 0 aromatic heterocycles. The summed E-state index contributed by atoms with van der Waals surface area (Å²) in [5, 5.41) is 1.48. The number of carbonyl (C=O) groups excluding carboxylic acids is 1. The van der Waals surface area contributed by atoms with E-state index in [1.165, 1.54) is 12.1 Å². The number of alkyl halides is 3. The van der Waals surface area contributed by atoms with Crippen LogP contribution in [0.2, 0.25) is 0 Å². The molecular weight excluding hydrogens is 324 g/mol. The third kappa shape index (κ3) is 2.84. The summed E-state index contributed by atoms with van der Waals surface area (Å²) in [7, 11) is 0. The van der Waals surface area contributed by atoms with Gasteiger partial charge in [0.25, 0.3) is 0 Å². The van der Waals surface area contributed by atoms with Crippen molar-refractivity contribution in [3.63, 3.8) is 0 Å². The van der Waals surface area contributed by atoms with Crippen molar-refractivity contribution >= 4 is 16.7 Å². The maximum Gasteiger partial charge on any atom is 0.409 e. The minimum Gasteiger partial charge on any atom is -0.287 e. The summed E-state index contributed by atoms with van der Waals surface area (Å²) in [5.74, 6) is -1.21. The fourth-order valence-electron chi connectivity index (χ4n) is 2.96. The van der Waals surface area contributed by atoms with Crippen LogP contribution < -0.4 is 5.43 Å². The van der Waals surface area contributed by atoms with Crippen molar-refractivity contribution in [3.8, 4) is 0 Å². The van der Waals surface area contributed by atoms with Crippen molar-refractivity contribution in [1.82, 2.24) is 10.4 Å². The minimum atomic E-state index is -4.66. The topological polar surface area (TPSA) is 32.3 Å². The van der Waals surface area contributed by atoms with Crippen molar-refractivity contribution < 1.29 is 22.4 Å². The van der Waals surface area contributed by atoms with E-state index >= 15 is 0 Å². The molecule has 0 aliphatic carbocycles. The highest BCUT2D eigenvalue weighted by Gasteiger charge is 2.51. The lowest BCUT2D eigenvalue weighted by atomic mass is 9.93. The summed E-state index contributed by atoms with van der Waals surface area (Å²) in [6, 6.07) is 6.41. The molecule has 1 N–H and O–H groups in total. The molecule has 0 unspecified atom stereocenters. The third-order valence-corrected chi connectivity index (χ3v) is 4.20. The first-order valence-corrected chi connectivity index (χ1v) is 7.42. The Bertz CT molecular complexity index is 801. The predicted molar refractivity (Wildman–Crippen MR) is 81.3 cm³/mol. The van der Waals surface area contributed by atoms with Gasteiger partial charge in [-0.2, -0.15) is 13.2 Å². The van der Waals surface area contributed by atoms with Crippen molar-refractivity contribution in [1.29, 1.82) is 0 Å². The predicted octanol–water partition coefficient (Wildman–Crippen LogP) is 3.96. The second kappa shape index (κ2) is 5.44. The molecule has 2 aromatic rings. The fourth-order valence-corrected chi connectivity index (χ4v) is 2.96. The first-order valence-electron chi connectivity index (χ1n) is 7.42. The van der Waals surface area contributed by atoms with Gasteiger partial charge in [-0.25, -0.2) is 9.40 Å². The van der Waals surface area contributed by atoms with Gasteiger partial charge in [-0.15, -0.1) is 0 Å². The molecule has 0 spiro atoms. The Hall–Kier alpha value is -2.15. The summed E-state index contributed by atoms with van der Waals surface area (Å²) in [6.07, 6.45) is -4.66. The van der Waals surface area contributed by atoms with E-state index in [-0.39, 0.29) is 17.5 Å². The molecule has 0 saturated carbocycles. The van der Waals surface area contributed by atoms with Crippen LogP contribution in [0, 0.1) is 11.2 Å². The summed E-state index contributed by atoms with van der Waals surface area (Å²) in [5.41, 5.74) is 1.08. The molecule has 7 heteroatoms. The molecule has 1 amide bonds. The molecule has 3 rings (SSSR count). The van der Waals surface area contributed by atoms with Crippen molar-refractivity contribution in [2.75, 3.05) is 6.54 Å². The summed E-state index contributed by atoms with van der Waals surface area (Å²) >= 11 is 0. The largest absolute Gasteiger partial charge is 0.409 e. The summed E-state index contributed by atoms with van der Waals surface area (Å²) in [4.78, 5) is 11.9. The average Bonchev–Trinajstić information content (AvgIpc) is 2.70. The highest BCUT2D eigenvalue weighted by molar-refractivity contribution is 5.84. The van der Waals surface area contributed by atoms with E-state index in [0.717, 1.165) is 11.1 Å². The van der Waals surface area contributed by atoms with Crippen LogP contribution in [-0.2, 0) is 4.79 Å². The van der Waals surface area contributed by atoms with Crippen molar-refractivity contribution in [2.45, 2.75) is 26.1 Å². The average molecular weight is 340 g/mol. The van der Waals surface area contributed by atoms with Gasteiger partial charge in [-0.05, 0) is 36.9 Å². The lowest BCUT2D eigenvalue weighted by Crippen LogP contribution is -2.43. The van der Waals surface area contributed by atoms with E-state index in [1.54, 1.807) is 32.0 Å². The number of carbonyl (C=O) groups is 1. The number of benzene rings is 2. The Kier molecular flexibility index (Phi) is 3.79. The summed E-state index contributed by atoms with van der Waals surface area (Å²) in [6.45, 7) is 3.01. The second-order valence-electron chi connectivity index (χ2n) is 6.62. The number of hydrogen-bond donors (Lipinski definition) is 1. The van der Waals surface area contributed by atoms with Crippen LogP contribution in [0.15, 0.2) is 36.4 Å². The number of halogens is 4. The molecule has 1 atom stereocenters. The van der Waals surface area contributed by atoms with E-state index < -0.39 is 29.4 Å². The van der Waals surface area contributed by atoms with Crippen LogP contribution in [0.5, 0.6) is 0 Å². The van der Waals surface area contributed by atoms with Crippen LogP contribution in [-0.4, -0.2) is 23.6 Å². The number of nitrogens with zero attached hydrogens (tertiary/aromatic N) is 1. The standard InChI is InChI=1S/C17H16F4N2O/c1-16(2)9-23(22-15(16)24)14(17(19,20)21)11-7-10-5-3-4-6-12(10)13(18)8-11/h3-8,14H,9H2,1-2H3,(H,22,24)/t14-/m0/s1. The molecule has 1 aliphatic heterocycles. The first-order chi connectivity index (χ1) is 11.1. The first kappa shape index (κ1) is 16.7. The molecule has 0 radical (unpaired) electrons. The second-order valence-corrected chi connectivity index (χ2v) is 6.62. The Labute approximate surface area is 136 Å². The van der Waals surface area contributed by atoms with Gasteiger partial charge in [0.2, 0.25) is 5.91 Å². The van der Waals surface area contributed by atoms with Gasteiger partial charge in [-0.3, -0.25) is 10.2 Å². The van der Waals surface area contributed by atoms with Crippen molar-refractivity contribution in [3.05, 3.63) is 47.8 Å². The van der Waals surface area contributed by atoms with Crippen LogP contribution in [0.1, 0.15) is 25.5 Å². The maximum absolute atomic E-state index is 14.2. The quantitative estimate of drug-likeness (QED) is 0.840. The lowest BCUT2D eigenvalue weighted by Gasteiger charge is -2.30. The Morgan fingerprint density at radius 3 is 2.46 bits per heavy atom. The Morgan fingerprint density at radius 1 is 1.21 bits per heavy atom. The SMILES string of the molecule is CC1(C)CN([C@@H](c2cc(F)c3ccccc3c2)C(F)(F)F)NC1=O. The highest BCUT2D eigenvalue weighted by atomic mass is 19.4. The number of hydrazine groups is 1. The number of amides is 1. The molecule has 128 valence electrons. The molecule has 24 heavy (non-hydrogen) atoms. The Balaban J connectivity index is 2.10. The van der Waals surface area contributed by atoms with Crippen LogP contribution >= 0.6 is 0 Å². The lowest BCUT2D eigenvalue weighted by molar-refractivity contribution is -0.191. The van der Waals surface area contributed by atoms with Gasteiger partial charge in [-0.1, -0.05) is 24.3 Å². The van der Waals surface area contributed by atoms with Gasteiger partial charge in [0.15, 0.2) is 0 Å². The normalized spacial score (nSPS) is 19.5. The zero-order valence-electron chi connectivity index (χ0n) is 13.1. The molecule has 1 heterocycles. The number of rotatable bonds is 2. The van der Waals surface area contributed by atoms with Crippen molar-refractivity contribution in [2.24, 2.45) is 5.41 Å². The maximum atomic E-state index is 14.2. The molecule has 1 saturated heterocycles.